The molecule has 624 valence electrons. The Balaban J connectivity index is 0.000000225. The number of nitrogens with one attached hydrogen (secondary N) is 2. The fourth-order valence-electron chi connectivity index (χ4n) is 16.9. The second kappa shape index (κ2) is 34.1. The predicted molar refractivity (Wildman–Crippen MR) is 416 cm³/mol. The number of esters is 2. The number of hydrogen-bond donors (Lipinski definition) is 2. The topological polar surface area (TPSA) is 317 Å². The molecule has 14 atom stereocenters. The maximum absolute atomic E-state index is 15.1. The van der Waals surface area contributed by atoms with Crippen LogP contribution in [0.2, 0.25) is 0 Å². The van der Waals surface area contributed by atoms with Gasteiger partial charge in [0.2, 0.25) is 55.4 Å². The smallest absolute Gasteiger partial charge is 0.307 e. The molecule has 114 heavy (non-hydrogen) atoms. The number of amides is 4. The Kier molecular flexibility index (Phi) is 25.9. The lowest BCUT2D eigenvalue weighted by molar-refractivity contribution is -0.160. The molecule has 12 rings (SSSR count). The Labute approximate surface area is 665 Å². The normalized spacial score (nSPS) is 29.6. The minimum absolute atomic E-state index is 0.00639. The van der Waals surface area contributed by atoms with Crippen molar-refractivity contribution < 1.29 is 101 Å². The maximum atomic E-state index is 15.1. The van der Waals surface area contributed by atoms with Crippen molar-refractivity contribution in [3.63, 3.8) is 0 Å². The molecule has 0 bridgehead atoms. The maximum Gasteiger partial charge on any atom is 0.307 e. The monoisotopic (exact) mass is 1630 g/mol. The number of ether oxygens (including phenoxy) is 6. The molecule has 4 saturated carbocycles. The molecule has 8 aliphatic rings. The number of carbonyl (C=O) groups excluding carboxylic acids is 8. The molecular formula is C84H110F4N6O18S2. The third-order valence-electron chi connectivity index (χ3n) is 24.0. The van der Waals surface area contributed by atoms with Gasteiger partial charge in [0.15, 0.2) is 34.7 Å². The number of allylic oxidation sites excluding steroid dienone is 4. The summed E-state index contributed by atoms with van der Waals surface area (Å²) >= 11 is 0. The van der Waals surface area contributed by atoms with Gasteiger partial charge in [-0.15, -0.1) is 0 Å². The number of halogens is 4. The molecule has 24 nitrogen and oxygen atoms in total. The number of rotatable bonds is 20. The van der Waals surface area contributed by atoms with E-state index in [1.165, 1.54) is 34.3 Å². The van der Waals surface area contributed by atoms with E-state index in [0.29, 0.717) is 47.2 Å². The number of Topliss-reactive ketones (excluding diaryl/α,β-unsaturated/α-hetero) is 2. The third kappa shape index (κ3) is 19.4. The van der Waals surface area contributed by atoms with E-state index < -0.39 is 172 Å². The Morgan fingerprint density at radius 3 is 1.26 bits per heavy atom. The van der Waals surface area contributed by atoms with Crippen molar-refractivity contribution in [3.05, 3.63) is 84.7 Å². The number of sulfonamides is 2. The van der Waals surface area contributed by atoms with E-state index in [1.54, 1.807) is 79.7 Å². The summed E-state index contributed by atoms with van der Waals surface area (Å²) in [5.41, 5.74) is -4.45. The van der Waals surface area contributed by atoms with Crippen LogP contribution in [-0.4, -0.2) is 168 Å². The summed E-state index contributed by atoms with van der Waals surface area (Å²) in [6.45, 7) is 20.1. The molecule has 2 saturated heterocycles. The SMILES string of the molecule is CCOc1cc2ccnc(O[C@@H]3C[C@H]4C(=O)C[C@]5(C(=O)NS(=O)(=O)C6(CF)CC6)C[C@H]5/C=C\CC[C@@H](C)C[C@@H](C)[C@H](CC(=O)OC(C)(C)C)C(=O)N4C3)c2cc1F.CCOc1cc2ccnc(O[C@@H]3C[C@H]4C(=O)C[C@]5(C(=O)NS(=O)(=O)C6(CF)CC6)C[C@H]5/C=C\CC[C@H](C)C[C@@H](C)[C@H](CC(=O)OC(C)(C)C)C(=O)N4C3)c2cc1F. The summed E-state index contributed by atoms with van der Waals surface area (Å²) in [6.07, 6.45) is 12.6. The zero-order valence-electron chi connectivity index (χ0n) is 67.3. The van der Waals surface area contributed by atoms with Crippen LogP contribution in [0, 0.1) is 69.8 Å². The molecule has 6 heterocycles. The van der Waals surface area contributed by atoms with Crippen molar-refractivity contribution in [2.24, 2.45) is 58.2 Å². The first-order chi connectivity index (χ1) is 53.6. The highest BCUT2D eigenvalue weighted by Crippen LogP contribution is 2.60. The molecule has 4 aliphatic carbocycles. The molecule has 2 aromatic heterocycles. The second-order valence-electron chi connectivity index (χ2n) is 35.2. The summed E-state index contributed by atoms with van der Waals surface area (Å²) in [4.78, 5) is 125. The molecule has 0 unspecified atom stereocenters. The van der Waals surface area contributed by atoms with Crippen LogP contribution in [0.3, 0.4) is 0 Å². The zero-order valence-corrected chi connectivity index (χ0v) is 68.9. The predicted octanol–water partition coefficient (Wildman–Crippen LogP) is 12.8. The lowest BCUT2D eigenvalue weighted by atomic mass is 9.82. The molecule has 6 fully saturated rings. The highest BCUT2D eigenvalue weighted by Gasteiger charge is 2.66. The first-order valence-electron chi connectivity index (χ1n) is 40.1. The van der Waals surface area contributed by atoms with E-state index >= 15 is 8.78 Å². The van der Waals surface area contributed by atoms with Gasteiger partial charge in [-0.25, -0.2) is 44.4 Å². The molecular weight excluding hydrogens is 1520 g/mol. The van der Waals surface area contributed by atoms with Crippen LogP contribution in [0.4, 0.5) is 17.6 Å². The van der Waals surface area contributed by atoms with E-state index in [0.717, 1.165) is 12.8 Å². The molecule has 2 N–H and O–H groups in total. The van der Waals surface area contributed by atoms with Crippen molar-refractivity contribution in [2.75, 3.05) is 39.7 Å². The van der Waals surface area contributed by atoms with Crippen molar-refractivity contribution >= 4 is 88.7 Å². The second-order valence-corrected chi connectivity index (χ2v) is 39.4. The molecule has 4 amide bonds. The standard InChI is InChI=1S/2C42H55F2N3O9S/c2*1-7-54-35-17-27-12-15-45-37(31(27)19-32(35)44)55-29-18-33-34(48)22-42(39(51)46-57(52,53)41(24-43)13-14-41)21-28(42)11-9-8-10-25(2)16-26(3)30(38(50)47(33)23-29)20-36(49)56-40(4,5)6/h2*9,11-12,15,17,19,25-26,28-30,33H,7-8,10,13-14,16,18,20-24H2,1-6H3,(H,46,51)/b2*11-9-/t25-,26+,28+,29+,30-,33-,42+;25-,26-,28-,29-,30+,33+,42-/m01/s1. The Bertz CT molecular complexity index is 4350. The number of alkyl halides is 2. The highest BCUT2D eigenvalue weighted by atomic mass is 32.2. The molecule has 0 spiro atoms. The van der Waals surface area contributed by atoms with E-state index in [9.17, 15) is 64.0 Å². The number of benzene rings is 2. The number of pyridine rings is 2. The van der Waals surface area contributed by atoms with E-state index in [4.69, 9.17) is 28.4 Å². The van der Waals surface area contributed by atoms with Crippen LogP contribution in [0.1, 0.15) is 199 Å². The summed E-state index contributed by atoms with van der Waals surface area (Å²) in [5.74, 6) is -8.48. The first kappa shape index (κ1) is 86.6. The van der Waals surface area contributed by atoms with Crippen LogP contribution in [0.15, 0.2) is 73.1 Å². The van der Waals surface area contributed by atoms with Crippen LogP contribution in [0.5, 0.6) is 23.3 Å². The molecule has 30 heteroatoms. The van der Waals surface area contributed by atoms with Gasteiger partial charge < -0.3 is 38.2 Å². The quantitative estimate of drug-likeness (QED) is 0.0472. The van der Waals surface area contributed by atoms with Gasteiger partial charge in [0.05, 0.1) is 73.9 Å². The number of hydrogen-bond acceptors (Lipinski definition) is 20. The van der Waals surface area contributed by atoms with Gasteiger partial charge in [-0.2, -0.15) is 0 Å². The van der Waals surface area contributed by atoms with Crippen molar-refractivity contribution in [1.82, 2.24) is 29.2 Å². The van der Waals surface area contributed by atoms with Gasteiger partial charge in [0, 0.05) is 48.8 Å². The average Bonchev–Trinajstić information content (AvgIpc) is 1.56. The minimum Gasteiger partial charge on any atom is -0.491 e. The Hall–Kier alpha value is -8.28. The van der Waals surface area contributed by atoms with Gasteiger partial charge in [0.1, 0.15) is 46.3 Å². The summed E-state index contributed by atoms with van der Waals surface area (Å²) in [5, 5.41) is 1.91. The number of carbonyl (C=O) groups is 8. The summed E-state index contributed by atoms with van der Waals surface area (Å²) in [7, 11) is -8.73. The van der Waals surface area contributed by atoms with E-state index in [1.807, 2.05) is 38.2 Å². The Morgan fingerprint density at radius 2 is 0.930 bits per heavy atom. The minimum atomic E-state index is -4.36. The van der Waals surface area contributed by atoms with Gasteiger partial charge in [-0.1, -0.05) is 52.0 Å². The first-order valence-corrected chi connectivity index (χ1v) is 43.0. The van der Waals surface area contributed by atoms with Crippen LogP contribution in [0.25, 0.3) is 21.5 Å². The van der Waals surface area contributed by atoms with Crippen molar-refractivity contribution in [3.8, 4) is 23.3 Å². The Morgan fingerprint density at radius 1 is 0.561 bits per heavy atom. The molecule has 2 aromatic carbocycles. The van der Waals surface area contributed by atoms with Gasteiger partial charge in [-0.3, -0.25) is 47.8 Å². The van der Waals surface area contributed by atoms with Crippen LogP contribution in [-0.2, 0) is 67.9 Å². The molecule has 0 radical (unpaired) electrons. The molecule has 4 aliphatic heterocycles. The largest absolute Gasteiger partial charge is 0.491 e. The molecule has 4 aromatic rings. The number of ketones is 2. The zero-order chi connectivity index (χ0) is 83.0. The van der Waals surface area contributed by atoms with Gasteiger partial charge >= 0.3 is 11.9 Å². The van der Waals surface area contributed by atoms with Gasteiger partial charge in [0.25, 0.3) is 0 Å². The number of nitrogens with zero attached hydrogens (tertiary/aromatic N) is 4. The van der Waals surface area contributed by atoms with Gasteiger partial charge in [-0.05, 0) is 215 Å². The highest BCUT2D eigenvalue weighted by molar-refractivity contribution is 7.92. The van der Waals surface area contributed by atoms with Crippen molar-refractivity contribution in [2.45, 2.75) is 244 Å². The van der Waals surface area contributed by atoms with E-state index in [2.05, 4.69) is 33.3 Å². The van der Waals surface area contributed by atoms with E-state index in [-0.39, 0.29) is 150 Å². The lowest BCUT2D eigenvalue weighted by Crippen LogP contribution is -2.48. The third-order valence-corrected chi connectivity index (χ3v) is 28.2. The van der Waals surface area contributed by atoms with Crippen LogP contribution < -0.4 is 28.4 Å². The summed E-state index contributed by atoms with van der Waals surface area (Å²) in [6, 6.07) is 6.76. The average molecular weight is 1630 g/mol. The fourth-order valence-corrected chi connectivity index (χ4v) is 19.8. The summed E-state index contributed by atoms with van der Waals surface area (Å²) < 4.78 is 147. The fraction of sp³-hybridized carbons (Fsp3) is 0.643. The lowest BCUT2D eigenvalue weighted by Gasteiger charge is -2.32. The van der Waals surface area contributed by atoms with Crippen LogP contribution >= 0.6 is 0 Å². The van der Waals surface area contributed by atoms with Crippen molar-refractivity contribution in [1.29, 1.82) is 0 Å². The number of aromatic nitrogens is 2. The number of fused-ring (bicyclic) bond motifs is 6.